The number of aromatic nitrogens is 1. The van der Waals surface area contributed by atoms with Gasteiger partial charge in [0.25, 0.3) is 10.0 Å². The van der Waals surface area contributed by atoms with Crippen LogP contribution in [-0.2, 0) is 10.0 Å². The molecule has 0 aliphatic heterocycles. The highest BCUT2D eigenvalue weighted by atomic mass is 79.9. The smallest absolute Gasteiger partial charge is 0.261 e. The van der Waals surface area contributed by atoms with Crippen molar-refractivity contribution in [3.63, 3.8) is 0 Å². The van der Waals surface area contributed by atoms with Gasteiger partial charge in [0.05, 0.1) is 23.2 Å². The van der Waals surface area contributed by atoms with Crippen LogP contribution in [0.2, 0.25) is 0 Å². The number of hydrogen-bond acceptors (Lipinski definition) is 4. The van der Waals surface area contributed by atoms with Crippen LogP contribution in [0.3, 0.4) is 0 Å². The van der Waals surface area contributed by atoms with Crippen LogP contribution in [0.15, 0.2) is 64.1 Å². The highest BCUT2D eigenvalue weighted by molar-refractivity contribution is 9.10. The Morgan fingerprint density at radius 2 is 1.83 bits per heavy atom. The number of hydrogen-bond donors (Lipinski definition) is 1. The van der Waals surface area contributed by atoms with E-state index < -0.39 is 10.0 Å². The van der Waals surface area contributed by atoms with Gasteiger partial charge in [-0.05, 0) is 42.5 Å². The van der Waals surface area contributed by atoms with E-state index in [0.717, 1.165) is 9.86 Å². The van der Waals surface area contributed by atoms with Crippen LogP contribution in [0, 0.1) is 0 Å². The van der Waals surface area contributed by atoms with E-state index in [4.69, 9.17) is 4.74 Å². The lowest BCUT2D eigenvalue weighted by Crippen LogP contribution is -2.13. The van der Waals surface area contributed by atoms with Gasteiger partial charge in [-0.15, -0.1) is 0 Å². The van der Waals surface area contributed by atoms with Gasteiger partial charge in [-0.1, -0.05) is 22.0 Å². The van der Waals surface area contributed by atoms with E-state index in [9.17, 15) is 8.42 Å². The second-order valence-corrected chi connectivity index (χ2v) is 7.31. The zero-order valence-corrected chi connectivity index (χ0v) is 14.6. The van der Waals surface area contributed by atoms with Crippen molar-refractivity contribution in [1.82, 2.24) is 4.98 Å². The average Bonchev–Trinajstić information content (AvgIpc) is 2.58. The second kappa shape index (κ2) is 6.17. The van der Waals surface area contributed by atoms with Crippen LogP contribution >= 0.6 is 15.9 Å². The Hall–Kier alpha value is -2.12. The lowest BCUT2D eigenvalue weighted by Gasteiger charge is -2.11. The molecular weight excluding hydrogens is 380 g/mol. The minimum atomic E-state index is -3.70. The van der Waals surface area contributed by atoms with Crippen molar-refractivity contribution in [3.05, 3.63) is 59.2 Å². The van der Waals surface area contributed by atoms with Gasteiger partial charge in [0, 0.05) is 16.1 Å². The van der Waals surface area contributed by atoms with E-state index in [-0.39, 0.29) is 4.90 Å². The summed E-state index contributed by atoms with van der Waals surface area (Å²) in [6.45, 7) is 0. The van der Waals surface area contributed by atoms with Gasteiger partial charge < -0.3 is 4.74 Å². The average molecular weight is 393 g/mol. The summed E-state index contributed by atoms with van der Waals surface area (Å²) < 4.78 is 33.6. The summed E-state index contributed by atoms with van der Waals surface area (Å²) in [6, 6.07) is 13.3. The lowest BCUT2D eigenvalue weighted by molar-refractivity contribution is 0.414. The molecule has 0 aliphatic rings. The van der Waals surface area contributed by atoms with Crippen LogP contribution in [-0.4, -0.2) is 20.5 Å². The zero-order valence-electron chi connectivity index (χ0n) is 12.2. The molecule has 3 aromatic rings. The predicted octanol–water partition coefficient (Wildman–Crippen LogP) is 3.81. The van der Waals surface area contributed by atoms with Crippen LogP contribution in [0.1, 0.15) is 0 Å². The highest BCUT2D eigenvalue weighted by Crippen LogP contribution is 2.30. The number of methoxy groups -OCH3 is 1. The quantitative estimate of drug-likeness (QED) is 0.732. The summed E-state index contributed by atoms with van der Waals surface area (Å²) in [4.78, 5) is 4.43. The molecule has 23 heavy (non-hydrogen) atoms. The Bertz CT molecular complexity index is 957. The number of fused-ring (bicyclic) bond motifs is 1. The fraction of sp³-hybridized carbons (Fsp3) is 0.0625. The largest absolute Gasteiger partial charge is 0.497 e. The van der Waals surface area contributed by atoms with Gasteiger partial charge in [-0.3, -0.25) is 9.71 Å². The first-order valence-electron chi connectivity index (χ1n) is 6.71. The number of halogens is 1. The van der Waals surface area contributed by atoms with Gasteiger partial charge in [-0.2, -0.15) is 0 Å². The molecule has 1 aromatic heterocycles. The summed E-state index contributed by atoms with van der Waals surface area (Å²) in [5.74, 6) is 0.597. The summed E-state index contributed by atoms with van der Waals surface area (Å²) in [5.41, 5.74) is 1.01. The van der Waals surface area contributed by atoms with Crippen LogP contribution in [0.25, 0.3) is 10.9 Å². The SMILES string of the molecule is COc1ccc(S(=O)(=O)Nc2ccc(Br)c3cccnc23)cc1. The van der Waals surface area contributed by atoms with E-state index in [1.807, 2.05) is 6.07 Å². The summed E-state index contributed by atoms with van der Waals surface area (Å²) in [6.07, 6.45) is 1.62. The fourth-order valence-corrected chi connectivity index (χ4v) is 3.70. The third-order valence-electron chi connectivity index (χ3n) is 3.33. The molecule has 1 heterocycles. The maximum absolute atomic E-state index is 12.5. The lowest BCUT2D eigenvalue weighted by atomic mass is 10.2. The molecule has 0 radical (unpaired) electrons. The number of benzene rings is 2. The van der Waals surface area contributed by atoms with Crippen molar-refractivity contribution in [2.75, 3.05) is 11.8 Å². The molecule has 2 aromatic carbocycles. The summed E-state index contributed by atoms with van der Waals surface area (Å²) in [7, 11) is -2.17. The molecule has 7 heteroatoms. The van der Waals surface area contributed by atoms with Gasteiger partial charge in [0.15, 0.2) is 0 Å². The van der Waals surface area contributed by atoms with Crippen LogP contribution in [0.4, 0.5) is 5.69 Å². The number of nitrogens with one attached hydrogen (secondary N) is 1. The van der Waals surface area contributed by atoms with E-state index in [2.05, 4.69) is 25.6 Å². The zero-order chi connectivity index (χ0) is 16.4. The first-order chi connectivity index (χ1) is 11.0. The first-order valence-corrected chi connectivity index (χ1v) is 8.99. The Kier molecular flexibility index (Phi) is 4.23. The minimum absolute atomic E-state index is 0.158. The molecule has 0 fully saturated rings. The second-order valence-electron chi connectivity index (χ2n) is 4.78. The van der Waals surface area contributed by atoms with Gasteiger partial charge in [-0.25, -0.2) is 8.42 Å². The molecule has 0 bridgehead atoms. The van der Waals surface area contributed by atoms with Crippen molar-refractivity contribution in [1.29, 1.82) is 0 Å². The van der Waals surface area contributed by atoms with E-state index in [0.29, 0.717) is 17.0 Å². The molecule has 1 N–H and O–H groups in total. The van der Waals surface area contributed by atoms with E-state index >= 15 is 0 Å². The molecule has 0 saturated carbocycles. The maximum atomic E-state index is 12.5. The molecule has 118 valence electrons. The molecule has 0 aliphatic carbocycles. The van der Waals surface area contributed by atoms with Crippen molar-refractivity contribution in [2.24, 2.45) is 0 Å². The third-order valence-corrected chi connectivity index (χ3v) is 5.40. The molecule has 0 spiro atoms. The van der Waals surface area contributed by atoms with E-state index in [1.54, 1.807) is 36.5 Å². The van der Waals surface area contributed by atoms with Gasteiger partial charge in [0.1, 0.15) is 5.75 Å². The molecule has 3 rings (SSSR count). The number of rotatable bonds is 4. The minimum Gasteiger partial charge on any atom is -0.497 e. The first kappa shape index (κ1) is 15.8. The van der Waals surface area contributed by atoms with Crippen molar-refractivity contribution < 1.29 is 13.2 Å². The van der Waals surface area contributed by atoms with Crippen LogP contribution < -0.4 is 9.46 Å². The van der Waals surface area contributed by atoms with Gasteiger partial charge >= 0.3 is 0 Å². The molecule has 0 amide bonds. The van der Waals surface area contributed by atoms with Crippen molar-refractivity contribution >= 4 is 42.5 Å². The fourth-order valence-electron chi connectivity index (χ4n) is 2.18. The molecule has 0 unspecified atom stereocenters. The Labute approximate surface area is 142 Å². The number of nitrogens with zero attached hydrogens (tertiary/aromatic N) is 1. The summed E-state index contributed by atoms with van der Waals surface area (Å²) >= 11 is 3.44. The molecule has 5 nitrogen and oxygen atoms in total. The Morgan fingerprint density at radius 3 is 2.52 bits per heavy atom. The van der Waals surface area contributed by atoms with E-state index in [1.165, 1.54) is 19.2 Å². The normalized spacial score (nSPS) is 11.4. The molecule has 0 atom stereocenters. The topological polar surface area (TPSA) is 68.3 Å². The predicted molar refractivity (Wildman–Crippen MR) is 93.2 cm³/mol. The third kappa shape index (κ3) is 3.16. The van der Waals surface area contributed by atoms with Crippen LogP contribution in [0.5, 0.6) is 5.75 Å². The Balaban J connectivity index is 2.02. The highest BCUT2D eigenvalue weighted by Gasteiger charge is 2.16. The summed E-state index contributed by atoms with van der Waals surface area (Å²) in [5, 5.41) is 0.836. The van der Waals surface area contributed by atoms with Gasteiger partial charge in [0.2, 0.25) is 0 Å². The standard InChI is InChI=1S/C16H13BrN2O3S/c1-22-11-4-6-12(7-5-11)23(20,21)19-15-9-8-14(17)13-3-2-10-18-16(13)15/h2-10,19H,1H3. The number of pyridine rings is 1. The molecular formula is C16H13BrN2O3S. The number of sulfonamides is 1. The van der Waals surface area contributed by atoms with Crippen molar-refractivity contribution in [3.8, 4) is 5.75 Å². The monoisotopic (exact) mass is 392 g/mol. The maximum Gasteiger partial charge on any atom is 0.261 e. The number of anilines is 1. The molecule has 0 saturated heterocycles. The number of ether oxygens (including phenoxy) is 1. The van der Waals surface area contributed by atoms with Crippen molar-refractivity contribution in [2.45, 2.75) is 4.90 Å². The Morgan fingerprint density at radius 1 is 1.09 bits per heavy atom.